The molecule has 0 spiro atoms. The number of fused-ring (bicyclic) bond motifs is 1. The lowest BCUT2D eigenvalue weighted by atomic mass is 10.3. The Hall–Kier alpha value is -1.72. The van der Waals surface area contributed by atoms with Crippen LogP contribution in [0.2, 0.25) is 0 Å². The van der Waals surface area contributed by atoms with Crippen LogP contribution in [0.15, 0.2) is 47.4 Å². The molecular formula is C15H14N2OS2. The van der Waals surface area contributed by atoms with Gasteiger partial charge in [-0.25, -0.2) is 4.98 Å². The summed E-state index contributed by atoms with van der Waals surface area (Å²) >= 11 is 3.40. The van der Waals surface area contributed by atoms with Crippen molar-refractivity contribution in [2.24, 2.45) is 0 Å². The maximum atomic E-state index is 5.22. The van der Waals surface area contributed by atoms with Crippen molar-refractivity contribution < 1.29 is 4.74 Å². The van der Waals surface area contributed by atoms with Gasteiger partial charge in [0.05, 0.1) is 17.3 Å². The average Bonchev–Trinajstić information content (AvgIpc) is 2.88. The molecule has 2 aromatic carbocycles. The van der Waals surface area contributed by atoms with Crippen LogP contribution in [0.3, 0.4) is 0 Å². The molecule has 0 amide bonds. The van der Waals surface area contributed by atoms with Gasteiger partial charge >= 0.3 is 0 Å². The summed E-state index contributed by atoms with van der Waals surface area (Å²) in [5, 5.41) is 4.22. The third-order valence-electron chi connectivity index (χ3n) is 2.92. The first-order valence-corrected chi connectivity index (χ1v) is 8.18. The summed E-state index contributed by atoms with van der Waals surface area (Å²) in [6.45, 7) is 0. The Labute approximate surface area is 126 Å². The largest absolute Gasteiger partial charge is 0.497 e. The van der Waals surface area contributed by atoms with Crippen molar-refractivity contribution >= 4 is 44.1 Å². The van der Waals surface area contributed by atoms with E-state index in [1.165, 1.54) is 9.60 Å². The summed E-state index contributed by atoms with van der Waals surface area (Å²) in [7, 11) is 1.67. The highest BCUT2D eigenvalue weighted by molar-refractivity contribution is 7.98. The van der Waals surface area contributed by atoms with Crippen LogP contribution in [-0.2, 0) is 0 Å². The highest BCUT2D eigenvalue weighted by atomic mass is 32.2. The molecule has 5 heteroatoms. The number of hydrogen-bond acceptors (Lipinski definition) is 5. The molecular weight excluding hydrogens is 288 g/mol. The standard InChI is InChI=1S/C15H14N2OS2/c1-18-11-5-3-4-10(8-11)16-15-17-13-7-6-12(19-2)9-14(13)20-15/h3-9H,1-2H3,(H,16,17). The van der Waals surface area contributed by atoms with E-state index in [0.29, 0.717) is 0 Å². The third kappa shape index (κ3) is 2.73. The minimum atomic E-state index is 0.834. The van der Waals surface area contributed by atoms with Crippen molar-refractivity contribution in [2.75, 3.05) is 18.7 Å². The van der Waals surface area contributed by atoms with Crippen molar-refractivity contribution in [1.82, 2.24) is 4.98 Å². The Bertz CT molecular complexity index is 740. The fraction of sp³-hybridized carbons (Fsp3) is 0.133. The van der Waals surface area contributed by atoms with E-state index in [1.54, 1.807) is 30.2 Å². The molecule has 0 fully saturated rings. The van der Waals surface area contributed by atoms with Gasteiger partial charge in [0.2, 0.25) is 0 Å². The van der Waals surface area contributed by atoms with E-state index in [4.69, 9.17) is 4.74 Å². The Kier molecular flexibility index (Phi) is 3.80. The minimum Gasteiger partial charge on any atom is -0.497 e. The van der Waals surface area contributed by atoms with Gasteiger partial charge in [0.15, 0.2) is 5.13 Å². The monoisotopic (exact) mass is 302 g/mol. The second-order valence-corrected chi connectivity index (χ2v) is 6.12. The topological polar surface area (TPSA) is 34.1 Å². The van der Waals surface area contributed by atoms with Crippen LogP contribution in [0.1, 0.15) is 0 Å². The first-order chi connectivity index (χ1) is 9.78. The molecule has 3 aromatic rings. The van der Waals surface area contributed by atoms with Gasteiger partial charge in [-0.05, 0) is 36.6 Å². The van der Waals surface area contributed by atoms with Crippen molar-refractivity contribution in [2.45, 2.75) is 4.90 Å². The second-order valence-electron chi connectivity index (χ2n) is 4.21. The van der Waals surface area contributed by atoms with Gasteiger partial charge in [-0.15, -0.1) is 11.8 Å². The number of nitrogens with zero attached hydrogens (tertiary/aromatic N) is 1. The number of thiazole rings is 1. The molecule has 1 heterocycles. The van der Waals surface area contributed by atoms with Gasteiger partial charge in [0, 0.05) is 16.6 Å². The molecule has 3 rings (SSSR count). The summed E-state index contributed by atoms with van der Waals surface area (Å²) in [5.41, 5.74) is 2.01. The molecule has 0 saturated heterocycles. The van der Waals surface area contributed by atoms with Gasteiger partial charge < -0.3 is 10.1 Å². The van der Waals surface area contributed by atoms with E-state index < -0.39 is 0 Å². The van der Waals surface area contributed by atoms with Gasteiger partial charge in [-0.1, -0.05) is 17.4 Å². The van der Waals surface area contributed by atoms with Gasteiger partial charge in [-0.2, -0.15) is 0 Å². The number of ether oxygens (including phenoxy) is 1. The number of benzene rings is 2. The summed E-state index contributed by atoms with van der Waals surface area (Å²) in [6.07, 6.45) is 2.08. The van der Waals surface area contributed by atoms with E-state index >= 15 is 0 Å². The number of hydrogen-bond donors (Lipinski definition) is 1. The zero-order chi connectivity index (χ0) is 13.9. The van der Waals surface area contributed by atoms with Crippen LogP contribution in [0.25, 0.3) is 10.2 Å². The van der Waals surface area contributed by atoms with Crippen LogP contribution in [0, 0.1) is 0 Å². The van der Waals surface area contributed by atoms with Crippen LogP contribution >= 0.6 is 23.1 Å². The number of rotatable bonds is 4. The lowest BCUT2D eigenvalue weighted by Gasteiger charge is -2.04. The maximum Gasteiger partial charge on any atom is 0.188 e. The zero-order valence-electron chi connectivity index (χ0n) is 11.2. The highest BCUT2D eigenvalue weighted by Gasteiger charge is 2.05. The molecule has 1 aromatic heterocycles. The molecule has 0 saturated carbocycles. The molecule has 20 heavy (non-hydrogen) atoms. The summed E-state index contributed by atoms with van der Waals surface area (Å²) < 4.78 is 6.42. The quantitative estimate of drug-likeness (QED) is 0.704. The fourth-order valence-electron chi connectivity index (χ4n) is 1.91. The average molecular weight is 302 g/mol. The van der Waals surface area contributed by atoms with Crippen molar-refractivity contribution in [1.29, 1.82) is 0 Å². The van der Waals surface area contributed by atoms with Crippen LogP contribution in [-0.4, -0.2) is 18.3 Å². The second kappa shape index (κ2) is 5.73. The predicted octanol–water partition coefficient (Wildman–Crippen LogP) is 4.77. The number of thioether (sulfide) groups is 1. The van der Waals surface area contributed by atoms with Crippen LogP contribution in [0.4, 0.5) is 10.8 Å². The van der Waals surface area contributed by atoms with Crippen molar-refractivity contribution in [3.63, 3.8) is 0 Å². The van der Waals surface area contributed by atoms with E-state index in [0.717, 1.165) is 22.1 Å². The van der Waals surface area contributed by atoms with Crippen LogP contribution in [0.5, 0.6) is 5.75 Å². The lowest BCUT2D eigenvalue weighted by Crippen LogP contribution is -1.90. The molecule has 102 valence electrons. The highest BCUT2D eigenvalue weighted by Crippen LogP contribution is 2.31. The molecule has 0 radical (unpaired) electrons. The molecule has 0 aliphatic carbocycles. The maximum absolute atomic E-state index is 5.22. The number of methoxy groups -OCH3 is 1. The molecule has 1 N–H and O–H groups in total. The Balaban J connectivity index is 1.90. The zero-order valence-corrected chi connectivity index (χ0v) is 12.8. The van der Waals surface area contributed by atoms with E-state index in [9.17, 15) is 0 Å². The lowest BCUT2D eigenvalue weighted by molar-refractivity contribution is 0.415. The first kappa shape index (κ1) is 13.3. The van der Waals surface area contributed by atoms with E-state index in [-0.39, 0.29) is 0 Å². The summed E-state index contributed by atoms with van der Waals surface area (Å²) in [6, 6.07) is 14.2. The van der Waals surface area contributed by atoms with E-state index in [1.807, 2.05) is 24.3 Å². The molecule has 0 aliphatic heterocycles. The Morgan fingerprint density at radius 1 is 1.20 bits per heavy atom. The minimum absolute atomic E-state index is 0.834. The van der Waals surface area contributed by atoms with Crippen LogP contribution < -0.4 is 10.1 Å². The molecule has 0 bridgehead atoms. The van der Waals surface area contributed by atoms with Crippen molar-refractivity contribution in [3.8, 4) is 5.75 Å². The number of aromatic nitrogens is 1. The number of nitrogens with one attached hydrogen (secondary N) is 1. The smallest absolute Gasteiger partial charge is 0.188 e. The van der Waals surface area contributed by atoms with Gasteiger partial charge in [-0.3, -0.25) is 0 Å². The Morgan fingerprint density at radius 2 is 2.10 bits per heavy atom. The summed E-state index contributed by atoms with van der Waals surface area (Å²) in [4.78, 5) is 5.85. The number of anilines is 2. The third-order valence-corrected chi connectivity index (χ3v) is 4.58. The SMILES string of the molecule is COc1cccc(Nc2nc3ccc(SC)cc3s2)c1. The molecule has 3 nitrogen and oxygen atoms in total. The molecule has 0 atom stereocenters. The van der Waals surface area contributed by atoms with Crippen molar-refractivity contribution in [3.05, 3.63) is 42.5 Å². The van der Waals surface area contributed by atoms with Gasteiger partial charge in [0.1, 0.15) is 5.75 Å². The normalized spacial score (nSPS) is 10.7. The molecule has 0 aliphatic rings. The predicted molar refractivity (Wildman–Crippen MR) is 87.7 cm³/mol. The van der Waals surface area contributed by atoms with E-state index in [2.05, 4.69) is 34.8 Å². The summed E-state index contributed by atoms with van der Waals surface area (Å²) in [5.74, 6) is 0.834. The van der Waals surface area contributed by atoms with Gasteiger partial charge in [0.25, 0.3) is 0 Å². The Morgan fingerprint density at radius 3 is 2.90 bits per heavy atom. The molecule has 0 unspecified atom stereocenters. The fourth-order valence-corrected chi connectivity index (χ4v) is 3.35. The first-order valence-electron chi connectivity index (χ1n) is 6.14.